The zero-order valence-electron chi connectivity index (χ0n) is 28.9. The average molecular weight is 699 g/mol. The van der Waals surface area contributed by atoms with Crippen LogP contribution < -0.4 is 17.0 Å². The van der Waals surface area contributed by atoms with Gasteiger partial charge in [0, 0.05) is 11.1 Å². The van der Waals surface area contributed by atoms with E-state index in [9.17, 15) is 19.5 Å². The minimum Gasteiger partial charge on any atom is -1.00 e. The number of fused-ring (bicyclic) bond motifs is 7. The summed E-state index contributed by atoms with van der Waals surface area (Å²) in [6.07, 6.45) is -0.530. The Morgan fingerprint density at radius 3 is 1.30 bits per heavy atom. The molecule has 0 aliphatic carbocycles. The summed E-state index contributed by atoms with van der Waals surface area (Å²) in [5, 5.41) is 16.6. The van der Waals surface area contributed by atoms with E-state index in [4.69, 9.17) is 0 Å². The number of carbonyl (C=O) groups excluding carboxylic acids is 3. The van der Waals surface area contributed by atoms with E-state index in [1.54, 1.807) is 0 Å². The third-order valence-corrected chi connectivity index (χ3v) is 7.93. The van der Waals surface area contributed by atoms with E-state index >= 15 is 0 Å². The van der Waals surface area contributed by atoms with Crippen molar-refractivity contribution >= 4 is 38.9 Å². The number of nitrogens with zero attached hydrogens (tertiary/aromatic N) is 1. The number of benzene rings is 5. The zero-order chi connectivity index (χ0) is 34.0. The van der Waals surface area contributed by atoms with Crippen molar-refractivity contribution < 1.29 is 41.0 Å². The molecule has 1 aliphatic heterocycles. The number of Topliss-reactive ketones (excluding diaryl/α,β-unsaturated/α-hetero) is 3. The van der Waals surface area contributed by atoms with Crippen LogP contribution >= 0.6 is 0 Å². The molecule has 0 bridgehead atoms. The molecule has 1 heterocycles. The minimum atomic E-state index is -0.530. The Labute approximate surface area is 290 Å². The van der Waals surface area contributed by atoms with Gasteiger partial charge in [0.2, 0.25) is 0 Å². The van der Waals surface area contributed by atoms with Crippen LogP contribution in [0.25, 0.3) is 32.7 Å². The molecule has 5 nitrogen and oxygen atoms in total. The first-order valence-electron chi connectivity index (χ1n) is 15.8. The van der Waals surface area contributed by atoms with Gasteiger partial charge in [0.05, 0.1) is 7.05 Å². The van der Waals surface area contributed by atoms with Crippen molar-refractivity contribution in [3.63, 3.8) is 0 Å². The van der Waals surface area contributed by atoms with Crippen molar-refractivity contribution in [2.24, 2.45) is 0 Å². The zero-order valence-corrected chi connectivity index (χ0v) is 30.5. The van der Waals surface area contributed by atoms with Crippen LogP contribution in [0.4, 0.5) is 0 Å². The van der Waals surface area contributed by atoms with Crippen molar-refractivity contribution in [1.29, 1.82) is 0 Å². The Hall–Kier alpha value is -3.97. The lowest BCUT2D eigenvalue weighted by atomic mass is 9.88. The second-order valence-electron chi connectivity index (χ2n) is 12.8. The Morgan fingerprint density at radius 1 is 0.574 bits per heavy atom. The van der Waals surface area contributed by atoms with Gasteiger partial charge < -0.3 is 41.0 Å². The van der Waals surface area contributed by atoms with Crippen LogP contribution in [0.5, 0.6) is 0 Å². The monoisotopic (exact) mass is 697 g/mol. The van der Waals surface area contributed by atoms with E-state index in [2.05, 4.69) is 86.8 Å². The van der Waals surface area contributed by atoms with Crippen LogP contribution in [0, 0.1) is 0 Å². The van der Waals surface area contributed by atoms with E-state index in [-0.39, 0.29) is 40.4 Å². The lowest BCUT2D eigenvalue weighted by molar-refractivity contribution is -0.960. The van der Waals surface area contributed by atoms with Crippen molar-refractivity contribution in [3.8, 4) is 11.1 Å². The molecule has 0 spiro atoms. The molecule has 0 saturated heterocycles. The van der Waals surface area contributed by atoms with Crippen LogP contribution in [0.3, 0.4) is 0 Å². The highest BCUT2D eigenvalue weighted by Crippen LogP contribution is 2.44. The molecule has 47 heavy (non-hydrogen) atoms. The van der Waals surface area contributed by atoms with E-state index in [1.807, 2.05) is 30.3 Å². The molecular formula is C41H48BrNO4. The number of hydrogen-bond acceptors (Lipinski definition) is 4. The summed E-state index contributed by atoms with van der Waals surface area (Å²) < 4.78 is 0.743. The molecule has 0 radical (unpaired) electrons. The first kappa shape index (κ1) is 39.2. The van der Waals surface area contributed by atoms with Crippen LogP contribution in [-0.2, 0) is 27.5 Å². The van der Waals surface area contributed by atoms with E-state index in [0.717, 1.165) is 23.1 Å². The normalized spacial score (nSPS) is 13.6. The fraction of sp³-hybridized carbons (Fsp3) is 0.293. The first-order chi connectivity index (χ1) is 21.7. The van der Waals surface area contributed by atoms with Gasteiger partial charge in [0.25, 0.3) is 0 Å². The Balaban J connectivity index is 0.000000513. The van der Waals surface area contributed by atoms with Gasteiger partial charge in [-0.15, -0.1) is 0 Å². The van der Waals surface area contributed by atoms with Crippen molar-refractivity contribution in [3.05, 3.63) is 120 Å². The van der Waals surface area contributed by atoms with E-state index in [0.29, 0.717) is 0 Å². The molecule has 0 aromatic heterocycles. The molecule has 0 saturated carbocycles. The number of halogens is 1. The number of aliphatic hydroxyl groups excluding tert-OH is 1. The fourth-order valence-corrected chi connectivity index (χ4v) is 5.88. The Kier molecular flexibility index (Phi) is 14.9. The van der Waals surface area contributed by atoms with Crippen LogP contribution in [-0.4, -0.2) is 40.0 Å². The topological polar surface area (TPSA) is 71.4 Å². The summed E-state index contributed by atoms with van der Waals surface area (Å²) in [6.45, 7) is 13.1. The molecule has 1 N–H and O–H groups in total. The van der Waals surface area contributed by atoms with Crippen molar-refractivity contribution in [2.45, 2.75) is 73.7 Å². The lowest BCUT2D eigenvalue weighted by Crippen LogP contribution is -3.00. The summed E-state index contributed by atoms with van der Waals surface area (Å²) in [7, 11) is 2.31. The smallest absolute Gasteiger partial charge is 0.130 e. The number of likely N-dealkylation sites (N-methyl/N-ethyl adjacent to an activating group) is 1. The highest BCUT2D eigenvalue weighted by atomic mass is 79.9. The first-order valence-corrected chi connectivity index (χ1v) is 15.8. The van der Waals surface area contributed by atoms with Gasteiger partial charge in [-0.1, -0.05) is 103 Å². The molecule has 6 heteroatoms. The predicted octanol–water partition coefficient (Wildman–Crippen LogP) is 6.03. The van der Waals surface area contributed by atoms with E-state index < -0.39 is 6.10 Å². The Bertz CT molecular complexity index is 1690. The van der Waals surface area contributed by atoms with Crippen molar-refractivity contribution in [2.75, 3.05) is 7.05 Å². The van der Waals surface area contributed by atoms with Gasteiger partial charge in [0.1, 0.15) is 42.6 Å². The summed E-state index contributed by atoms with van der Waals surface area (Å²) in [5.74, 6) is 0.500. The van der Waals surface area contributed by atoms with Gasteiger partial charge in [-0.3, -0.25) is 0 Å². The van der Waals surface area contributed by atoms with Gasteiger partial charge in [0.15, 0.2) is 0 Å². The number of carbonyl (C=O) groups is 3. The largest absolute Gasteiger partial charge is 1.00 e. The lowest BCUT2D eigenvalue weighted by Gasteiger charge is -2.42. The molecule has 248 valence electrons. The second-order valence-corrected chi connectivity index (χ2v) is 12.8. The van der Waals surface area contributed by atoms with Crippen LogP contribution in [0.15, 0.2) is 103 Å². The molecule has 6 rings (SSSR count). The van der Waals surface area contributed by atoms with Crippen molar-refractivity contribution in [1.82, 2.24) is 0 Å². The molecule has 2 atom stereocenters. The molecule has 0 unspecified atom stereocenters. The number of aliphatic hydroxyl groups is 1. The molecule has 1 aliphatic rings. The predicted molar refractivity (Wildman–Crippen MR) is 190 cm³/mol. The Morgan fingerprint density at radius 2 is 0.915 bits per heavy atom. The number of hydrogen-bond donors (Lipinski definition) is 1. The van der Waals surface area contributed by atoms with Gasteiger partial charge >= 0.3 is 0 Å². The number of ketones is 3. The maximum Gasteiger partial charge on any atom is 0.130 e. The highest BCUT2D eigenvalue weighted by Gasteiger charge is 2.39. The molecule has 5 aromatic carbocycles. The standard InChI is InChI=1S/C32H30NO.3C3H6O.BrH/c1-22(32(34)25-12-4-3-5-13-25)33(2)20-26-18-16-23-10-6-8-14-28(23)30(26)31-27(21-33)19-17-24-11-7-9-15-29(24)31;3*1-3(2)4;/h3-19,22,32,34H,20-21H2,1-2H3;3*1-2H3;1H/q+1;;;;/p-1/t22-,32-;;;;/m0..../s1. The second kappa shape index (κ2) is 17.8. The summed E-state index contributed by atoms with van der Waals surface area (Å²) >= 11 is 0. The van der Waals surface area contributed by atoms with Gasteiger partial charge in [-0.25, -0.2) is 0 Å². The maximum atomic E-state index is 11.4. The van der Waals surface area contributed by atoms with Gasteiger partial charge in [-0.2, -0.15) is 0 Å². The van der Waals surface area contributed by atoms with E-state index in [1.165, 1.54) is 85.3 Å². The maximum absolute atomic E-state index is 11.4. The third-order valence-electron chi connectivity index (χ3n) is 7.93. The van der Waals surface area contributed by atoms with Crippen LogP contribution in [0.1, 0.15) is 71.3 Å². The summed E-state index contributed by atoms with van der Waals surface area (Å²) in [5.41, 5.74) is 6.39. The molecule has 0 fully saturated rings. The minimum absolute atomic E-state index is 0. The summed E-state index contributed by atoms with van der Waals surface area (Å²) in [4.78, 5) is 28.3. The number of rotatable bonds is 3. The molecular weight excluding hydrogens is 650 g/mol. The molecule has 0 amide bonds. The summed E-state index contributed by atoms with van der Waals surface area (Å²) in [6, 6.07) is 36.7. The SMILES string of the molecule is CC(C)=O.CC(C)=O.CC(C)=O.C[C@@H]([C@H](O)c1ccccc1)[N+]1(C)Cc2ccc3ccccc3c2-c2c(ccc3ccccc23)C1.[Br-]. The molecule has 5 aromatic rings. The third kappa shape index (κ3) is 10.5. The highest BCUT2D eigenvalue weighted by molar-refractivity contribution is 6.07. The number of quaternary nitrogens is 1. The fourth-order valence-electron chi connectivity index (χ4n) is 5.88. The van der Waals surface area contributed by atoms with Crippen LogP contribution in [0.2, 0.25) is 0 Å². The average Bonchev–Trinajstić information content (AvgIpc) is 3.14. The van der Waals surface area contributed by atoms with Gasteiger partial charge in [-0.05, 0) is 86.7 Å². The quantitative estimate of drug-likeness (QED) is 0.234.